The first kappa shape index (κ1) is 15.7. The molecule has 0 atom stereocenters. The van der Waals surface area contributed by atoms with Crippen LogP contribution >= 0.6 is 0 Å². The number of carbonyl (C=O) groups is 1. The minimum Gasteiger partial charge on any atom is -0.466 e. The molecule has 0 amide bonds. The van der Waals surface area contributed by atoms with Gasteiger partial charge in [0.2, 0.25) is 0 Å². The zero-order valence-corrected chi connectivity index (χ0v) is 5.89. The fourth-order valence-corrected chi connectivity index (χ4v) is 0.203. The number of esters is 1. The van der Waals surface area contributed by atoms with Gasteiger partial charge >= 0.3 is 5.97 Å². The number of rotatable bonds is 1. The predicted molar refractivity (Wildman–Crippen MR) is 29.0 cm³/mol. The summed E-state index contributed by atoms with van der Waals surface area (Å²) in [4.78, 5) is 9.82. The van der Waals surface area contributed by atoms with Crippen LogP contribution in [0.25, 0.3) is 0 Å². The molecular formula is C5H12O2Pd. The minimum atomic E-state index is -0.211. The van der Waals surface area contributed by atoms with Crippen molar-refractivity contribution in [3.8, 4) is 0 Å². The van der Waals surface area contributed by atoms with Crippen LogP contribution in [0.5, 0.6) is 0 Å². The fourth-order valence-electron chi connectivity index (χ4n) is 0.203. The van der Waals surface area contributed by atoms with Crippen LogP contribution in [-0.2, 0) is 30.0 Å². The molecule has 0 rings (SSSR count). The van der Waals surface area contributed by atoms with E-state index < -0.39 is 0 Å². The molecule has 0 aliphatic heterocycles. The molecule has 0 aromatic rings. The first-order valence-electron chi connectivity index (χ1n) is 1.90. The summed E-state index contributed by atoms with van der Waals surface area (Å²) in [5, 5.41) is 0. The number of hydrogen-bond acceptors (Lipinski definition) is 2. The Morgan fingerprint density at radius 2 is 2.00 bits per heavy atom. The Balaban J connectivity index is -0.000000125. The van der Waals surface area contributed by atoms with Gasteiger partial charge in [-0.15, -0.1) is 0 Å². The topological polar surface area (TPSA) is 26.3 Å². The van der Waals surface area contributed by atoms with Gasteiger partial charge in [0.05, 0.1) is 6.61 Å². The molecule has 0 saturated heterocycles. The molecule has 2 nitrogen and oxygen atoms in total. The molecule has 0 N–H and O–H groups in total. The maximum absolute atomic E-state index is 9.82. The summed E-state index contributed by atoms with van der Waals surface area (Å²) in [5.41, 5.74) is 0. The average Bonchev–Trinajstić information content (AvgIpc) is 1.35. The minimum absolute atomic E-state index is 0. The molecule has 0 radical (unpaired) electrons. The number of carbonyl (C=O) groups excluding carboxylic acids is 1. The Kier molecular flexibility index (Phi) is 20.0. The first-order chi connectivity index (χ1) is 2.77. The Bertz CT molecular complexity index is 54.4. The molecule has 54 valence electrons. The van der Waals surface area contributed by atoms with Crippen molar-refractivity contribution in [2.45, 2.75) is 21.3 Å². The Labute approximate surface area is 64.3 Å². The van der Waals surface area contributed by atoms with Crippen molar-refractivity contribution in [3.63, 3.8) is 0 Å². The molecule has 3 heteroatoms. The summed E-state index contributed by atoms with van der Waals surface area (Å²) in [6.45, 7) is 3.65. The van der Waals surface area contributed by atoms with E-state index in [-0.39, 0.29) is 33.8 Å². The molecule has 0 heterocycles. The SMILES string of the molecule is C.CCOC(C)=O.[Pd]. The summed E-state index contributed by atoms with van der Waals surface area (Å²) in [6.07, 6.45) is 0. The predicted octanol–water partition coefficient (Wildman–Crippen LogP) is 1.20. The summed E-state index contributed by atoms with van der Waals surface area (Å²) >= 11 is 0. The van der Waals surface area contributed by atoms with Crippen molar-refractivity contribution in [1.29, 1.82) is 0 Å². The van der Waals surface area contributed by atoms with Gasteiger partial charge in [-0.1, -0.05) is 7.43 Å². The van der Waals surface area contributed by atoms with Gasteiger partial charge in [-0.2, -0.15) is 0 Å². The quantitative estimate of drug-likeness (QED) is 0.480. The monoisotopic (exact) mass is 210 g/mol. The Morgan fingerprint density at radius 1 is 1.62 bits per heavy atom. The van der Waals surface area contributed by atoms with E-state index in [4.69, 9.17) is 0 Å². The van der Waals surface area contributed by atoms with Crippen LogP contribution in [-0.4, -0.2) is 12.6 Å². The third-order valence-corrected chi connectivity index (χ3v) is 0.348. The van der Waals surface area contributed by atoms with E-state index in [0.717, 1.165) is 0 Å². The number of hydrogen-bond donors (Lipinski definition) is 0. The van der Waals surface area contributed by atoms with E-state index >= 15 is 0 Å². The van der Waals surface area contributed by atoms with E-state index in [0.29, 0.717) is 6.61 Å². The van der Waals surface area contributed by atoms with Gasteiger partial charge < -0.3 is 4.74 Å². The maximum atomic E-state index is 9.82. The standard InChI is InChI=1S/C4H8O2.CH4.Pd/c1-3-6-4(2)5;;/h3H2,1-2H3;1H4;. The van der Waals surface area contributed by atoms with Gasteiger partial charge in [-0.3, -0.25) is 4.79 Å². The van der Waals surface area contributed by atoms with Crippen molar-refractivity contribution < 1.29 is 30.0 Å². The first-order valence-corrected chi connectivity index (χ1v) is 1.90. The molecule has 0 bridgehead atoms. The molecule has 0 unspecified atom stereocenters. The normalized spacial score (nSPS) is 5.75. The van der Waals surface area contributed by atoms with E-state index in [1.165, 1.54) is 6.92 Å². The smallest absolute Gasteiger partial charge is 0.302 e. The second kappa shape index (κ2) is 10.2. The van der Waals surface area contributed by atoms with Gasteiger partial charge in [-0.25, -0.2) is 0 Å². The Morgan fingerprint density at radius 3 is 2.00 bits per heavy atom. The second-order valence-corrected chi connectivity index (χ2v) is 0.925. The van der Waals surface area contributed by atoms with E-state index in [2.05, 4.69) is 4.74 Å². The van der Waals surface area contributed by atoms with Crippen LogP contribution in [0, 0.1) is 0 Å². The van der Waals surface area contributed by atoms with Crippen molar-refractivity contribution in [3.05, 3.63) is 0 Å². The second-order valence-electron chi connectivity index (χ2n) is 0.925. The summed E-state index contributed by atoms with van der Waals surface area (Å²) < 4.78 is 4.40. The van der Waals surface area contributed by atoms with Crippen LogP contribution in [0.15, 0.2) is 0 Å². The third kappa shape index (κ3) is 16.5. The van der Waals surface area contributed by atoms with E-state index in [1.807, 2.05) is 0 Å². The van der Waals surface area contributed by atoms with Crippen molar-refractivity contribution in [2.24, 2.45) is 0 Å². The fraction of sp³-hybridized carbons (Fsp3) is 0.800. The van der Waals surface area contributed by atoms with Gasteiger partial charge in [-0.05, 0) is 6.92 Å². The number of ether oxygens (including phenoxy) is 1. The van der Waals surface area contributed by atoms with Gasteiger partial charge in [0.1, 0.15) is 0 Å². The van der Waals surface area contributed by atoms with Crippen LogP contribution in [0.2, 0.25) is 0 Å². The molecule has 0 spiro atoms. The average molecular weight is 211 g/mol. The van der Waals surface area contributed by atoms with Crippen molar-refractivity contribution in [1.82, 2.24) is 0 Å². The maximum Gasteiger partial charge on any atom is 0.302 e. The van der Waals surface area contributed by atoms with Gasteiger partial charge in [0, 0.05) is 27.3 Å². The van der Waals surface area contributed by atoms with Crippen LogP contribution in [0.3, 0.4) is 0 Å². The van der Waals surface area contributed by atoms with E-state index in [1.54, 1.807) is 6.92 Å². The molecule has 0 aliphatic carbocycles. The van der Waals surface area contributed by atoms with Crippen LogP contribution in [0.4, 0.5) is 0 Å². The van der Waals surface area contributed by atoms with Crippen LogP contribution < -0.4 is 0 Å². The summed E-state index contributed by atoms with van der Waals surface area (Å²) in [6, 6.07) is 0. The molecule has 0 saturated carbocycles. The summed E-state index contributed by atoms with van der Waals surface area (Å²) in [5.74, 6) is -0.211. The molecular weight excluding hydrogens is 198 g/mol. The van der Waals surface area contributed by atoms with Crippen molar-refractivity contribution in [2.75, 3.05) is 6.61 Å². The van der Waals surface area contributed by atoms with Crippen molar-refractivity contribution >= 4 is 5.97 Å². The molecule has 8 heavy (non-hydrogen) atoms. The summed E-state index contributed by atoms with van der Waals surface area (Å²) in [7, 11) is 0. The zero-order valence-electron chi connectivity index (χ0n) is 4.34. The molecule has 0 fully saturated rings. The van der Waals surface area contributed by atoms with E-state index in [9.17, 15) is 4.79 Å². The van der Waals surface area contributed by atoms with Gasteiger partial charge in [0.25, 0.3) is 0 Å². The Hall–Kier alpha value is 0.132. The van der Waals surface area contributed by atoms with Crippen LogP contribution in [0.1, 0.15) is 21.3 Å². The third-order valence-electron chi connectivity index (χ3n) is 0.348. The largest absolute Gasteiger partial charge is 0.466 e. The zero-order chi connectivity index (χ0) is 4.99. The molecule has 0 aromatic carbocycles. The molecule has 0 aliphatic rings. The molecule has 0 aromatic heterocycles. The van der Waals surface area contributed by atoms with Gasteiger partial charge in [0.15, 0.2) is 0 Å².